The van der Waals surface area contributed by atoms with Crippen molar-refractivity contribution < 1.29 is 0 Å². The quantitative estimate of drug-likeness (QED) is 0.749. The van der Waals surface area contributed by atoms with Crippen molar-refractivity contribution in [3.8, 4) is 0 Å². The van der Waals surface area contributed by atoms with E-state index in [1.54, 1.807) is 11.3 Å². The molecule has 0 bridgehead atoms. The smallest absolute Gasteiger partial charge is 0.0802 e. The van der Waals surface area contributed by atoms with Gasteiger partial charge >= 0.3 is 0 Å². The molecule has 0 spiro atoms. The maximum atomic E-state index is 5.11. The van der Waals surface area contributed by atoms with Crippen LogP contribution in [0, 0.1) is 5.41 Å². The van der Waals surface area contributed by atoms with Crippen LogP contribution in [-0.4, -0.2) is 41.9 Å². The van der Waals surface area contributed by atoms with Crippen LogP contribution >= 0.6 is 0 Å². The summed E-state index contributed by atoms with van der Waals surface area (Å²) in [5.41, 5.74) is 5.24. The molecule has 0 aromatic carbocycles. The molecule has 0 unspecified atom stereocenters. The fraction of sp³-hybridized carbons (Fsp3) is 0.864. The van der Waals surface area contributed by atoms with Crippen molar-refractivity contribution in [1.82, 2.24) is 20.0 Å². The van der Waals surface area contributed by atoms with Crippen LogP contribution in [0.1, 0.15) is 88.1 Å². The number of aryl methyl sites for hydroxylation is 1. The van der Waals surface area contributed by atoms with Crippen molar-refractivity contribution >= 4 is 0 Å². The van der Waals surface area contributed by atoms with Crippen LogP contribution in [0.15, 0.2) is 0 Å². The Kier molecular flexibility index (Phi) is 6.79. The van der Waals surface area contributed by atoms with Crippen LogP contribution in [0.5, 0.6) is 0 Å². The highest BCUT2D eigenvalue weighted by Crippen LogP contribution is 2.48. The molecule has 1 aromatic rings. The van der Waals surface area contributed by atoms with Gasteiger partial charge in [-0.1, -0.05) is 26.7 Å². The van der Waals surface area contributed by atoms with E-state index in [-0.39, 0.29) is 0 Å². The second-order valence-electron chi connectivity index (χ2n) is 8.81. The average Bonchev–Trinajstić information content (AvgIpc) is 3.04. The van der Waals surface area contributed by atoms with Gasteiger partial charge in [-0.15, -0.1) is 0 Å². The molecule has 1 aromatic heterocycles. The molecule has 1 saturated carbocycles. The van der Waals surface area contributed by atoms with E-state index in [9.17, 15) is 0 Å². The Morgan fingerprint density at radius 1 is 1.19 bits per heavy atom. The molecule has 0 radical (unpaired) electrons. The SMILES string of the molecule is CCC1(CC)CCC(c2c(CN(C)CCNC)nn3c2CCCC3)CC1. The fourth-order valence-electron chi connectivity index (χ4n) is 5.27. The fourth-order valence-corrected chi connectivity index (χ4v) is 5.27. The zero-order valence-electron chi connectivity index (χ0n) is 17.6. The Labute approximate surface area is 160 Å². The minimum absolute atomic E-state index is 0.619. The summed E-state index contributed by atoms with van der Waals surface area (Å²) in [7, 11) is 4.27. The molecule has 0 atom stereocenters. The summed E-state index contributed by atoms with van der Waals surface area (Å²) < 4.78 is 2.36. The minimum Gasteiger partial charge on any atom is -0.318 e. The molecule has 4 nitrogen and oxygen atoms in total. The molecule has 1 fully saturated rings. The van der Waals surface area contributed by atoms with Crippen LogP contribution in [0.2, 0.25) is 0 Å². The van der Waals surface area contributed by atoms with E-state index in [0.717, 1.165) is 32.1 Å². The van der Waals surface area contributed by atoms with E-state index in [4.69, 9.17) is 5.10 Å². The molecule has 0 saturated heterocycles. The van der Waals surface area contributed by atoms with Crippen molar-refractivity contribution in [3.63, 3.8) is 0 Å². The monoisotopic (exact) mass is 360 g/mol. The van der Waals surface area contributed by atoms with Crippen LogP contribution in [0.4, 0.5) is 0 Å². The van der Waals surface area contributed by atoms with Gasteiger partial charge in [-0.2, -0.15) is 5.10 Å². The van der Waals surface area contributed by atoms with Crippen molar-refractivity contribution in [2.24, 2.45) is 5.41 Å². The predicted molar refractivity (Wildman–Crippen MR) is 110 cm³/mol. The molecule has 2 aliphatic rings. The Morgan fingerprint density at radius 2 is 1.92 bits per heavy atom. The molecule has 1 aliphatic heterocycles. The van der Waals surface area contributed by atoms with Crippen molar-refractivity contribution in [2.45, 2.75) is 90.6 Å². The van der Waals surface area contributed by atoms with Gasteiger partial charge in [-0.05, 0) is 70.4 Å². The summed E-state index contributed by atoms with van der Waals surface area (Å²) in [6.45, 7) is 9.04. The molecular formula is C22H40N4. The topological polar surface area (TPSA) is 33.1 Å². The van der Waals surface area contributed by atoms with Crippen molar-refractivity contribution in [3.05, 3.63) is 17.0 Å². The van der Waals surface area contributed by atoms with E-state index >= 15 is 0 Å². The number of nitrogens with one attached hydrogen (secondary N) is 1. The van der Waals surface area contributed by atoms with E-state index in [2.05, 4.69) is 35.8 Å². The first-order chi connectivity index (χ1) is 12.6. The summed E-state index contributed by atoms with van der Waals surface area (Å²) in [5, 5.41) is 8.37. The Balaban J connectivity index is 1.80. The zero-order valence-corrected chi connectivity index (χ0v) is 17.6. The first kappa shape index (κ1) is 19.9. The van der Waals surface area contributed by atoms with Gasteiger partial charge in [0.2, 0.25) is 0 Å². The molecule has 4 heteroatoms. The third-order valence-electron chi connectivity index (χ3n) is 7.33. The standard InChI is InChI=1S/C22H40N4/c1-5-22(6-2)12-10-18(11-13-22)21-19(17-25(4)16-14-23-3)24-26-15-8-7-9-20(21)26/h18,23H,5-17H2,1-4H3. The van der Waals surface area contributed by atoms with E-state index in [1.807, 2.05) is 7.05 Å². The number of fused-ring (bicyclic) bond motifs is 1. The van der Waals surface area contributed by atoms with Crippen LogP contribution in [0.25, 0.3) is 0 Å². The third kappa shape index (κ3) is 4.17. The zero-order chi connectivity index (χ0) is 18.6. The first-order valence-corrected chi connectivity index (χ1v) is 11.0. The Morgan fingerprint density at radius 3 is 2.58 bits per heavy atom. The molecular weight excluding hydrogens is 320 g/mol. The predicted octanol–water partition coefficient (Wildman–Crippen LogP) is 4.33. The lowest BCUT2D eigenvalue weighted by molar-refractivity contribution is 0.158. The summed E-state index contributed by atoms with van der Waals surface area (Å²) >= 11 is 0. The first-order valence-electron chi connectivity index (χ1n) is 11.0. The van der Waals surface area contributed by atoms with E-state index in [1.165, 1.54) is 63.5 Å². The lowest BCUT2D eigenvalue weighted by Crippen LogP contribution is -2.28. The number of rotatable bonds is 8. The summed E-state index contributed by atoms with van der Waals surface area (Å²) in [4.78, 5) is 2.43. The summed E-state index contributed by atoms with van der Waals surface area (Å²) in [5.74, 6) is 0.746. The molecule has 0 amide bonds. The maximum absolute atomic E-state index is 5.11. The van der Waals surface area contributed by atoms with Gasteiger partial charge in [-0.3, -0.25) is 9.58 Å². The highest BCUT2D eigenvalue weighted by atomic mass is 15.3. The Bertz CT molecular complexity index is 563. The number of aromatic nitrogens is 2. The highest BCUT2D eigenvalue weighted by molar-refractivity contribution is 5.32. The minimum atomic E-state index is 0.619. The van der Waals surface area contributed by atoms with E-state index < -0.39 is 0 Å². The van der Waals surface area contributed by atoms with E-state index in [0.29, 0.717) is 5.41 Å². The van der Waals surface area contributed by atoms with Gasteiger partial charge in [0.15, 0.2) is 0 Å². The second kappa shape index (κ2) is 8.88. The number of hydrogen-bond acceptors (Lipinski definition) is 3. The van der Waals surface area contributed by atoms with Crippen molar-refractivity contribution in [2.75, 3.05) is 27.2 Å². The molecule has 1 N–H and O–H groups in total. The van der Waals surface area contributed by atoms with Gasteiger partial charge in [0.05, 0.1) is 5.69 Å². The maximum Gasteiger partial charge on any atom is 0.0802 e. The molecule has 1 aliphatic carbocycles. The lowest BCUT2D eigenvalue weighted by atomic mass is 9.66. The largest absolute Gasteiger partial charge is 0.318 e. The molecule has 148 valence electrons. The van der Waals surface area contributed by atoms with Crippen molar-refractivity contribution in [1.29, 1.82) is 0 Å². The van der Waals surface area contributed by atoms with Gasteiger partial charge in [0.1, 0.15) is 0 Å². The van der Waals surface area contributed by atoms with Crippen LogP contribution in [0.3, 0.4) is 0 Å². The van der Waals surface area contributed by atoms with Gasteiger partial charge in [0.25, 0.3) is 0 Å². The normalized spacial score (nSPS) is 20.5. The average molecular weight is 361 g/mol. The summed E-state index contributed by atoms with van der Waals surface area (Å²) in [6.07, 6.45) is 12.1. The van der Waals surface area contributed by atoms with Gasteiger partial charge < -0.3 is 5.32 Å². The van der Waals surface area contributed by atoms with Crippen LogP contribution in [-0.2, 0) is 19.5 Å². The number of hydrogen-bond donors (Lipinski definition) is 1. The second-order valence-corrected chi connectivity index (χ2v) is 8.81. The number of likely N-dealkylation sites (N-methyl/N-ethyl adjacent to an activating group) is 2. The number of nitrogens with zero attached hydrogens (tertiary/aromatic N) is 3. The highest BCUT2D eigenvalue weighted by Gasteiger charge is 2.35. The molecule has 2 heterocycles. The summed E-state index contributed by atoms with van der Waals surface area (Å²) in [6, 6.07) is 0. The Hall–Kier alpha value is -0.870. The van der Waals surface area contributed by atoms with Gasteiger partial charge in [-0.25, -0.2) is 0 Å². The van der Waals surface area contributed by atoms with Crippen LogP contribution < -0.4 is 5.32 Å². The lowest BCUT2D eigenvalue weighted by Gasteiger charge is -2.39. The third-order valence-corrected chi connectivity index (χ3v) is 7.33. The molecule has 26 heavy (non-hydrogen) atoms. The molecule has 3 rings (SSSR count). The van der Waals surface area contributed by atoms with Gasteiger partial charge in [0, 0.05) is 37.4 Å².